The minimum Gasteiger partial charge on any atom is -0.453 e. The van der Waals surface area contributed by atoms with Gasteiger partial charge in [-0.1, -0.05) is 37.6 Å². The van der Waals surface area contributed by atoms with Crippen molar-refractivity contribution in [2.24, 2.45) is 0 Å². The highest BCUT2D eigenvalue weighted by atomic mass is 16.5. The molecule has 94 valence electrons. The first-order valence-electron chi connectivity index (χ1n) is 5.76. The van der Waals surface area contributed by atoms with E-state index in [9.17, 15) is 4.79 Å². The Morgan fingerprint density at radius 2 is 2.00 bits per heavy atom. The predicted octanol–water partition coefficient (Wildman–Crippen LogP) is 2.94. The monoisotopic (exact) mass is 235 g/mol. The zero-order valence-electron chi connectivity index (χ0n) is 11.3. The van der Waals surface area contributed by atoms with Crippen LogP contribution in [0.5, 0.6) is 0 Å². The van der Waals surface area contributed by atoms with Crippen LogP contribution >= 0.6 is 0 Å². The maximum atomic E-state index is 11.1. The van der Waals surface area contributed by atoms with Crippen molar-refractivity contribution in [3.8, 4) is 0 Å². The summed E-state index contributed by atoms with van der Waals surface area (Å²) in [6.45, 7) is 8.96. The molecule has 3 heteroatoms. The number of aryl methyl sites for hydroxylation is 2. The van der Waals surface area contributed by atoms with E-state index in [0.717, 1.165) is 0 Å². The lowest BCUT2D eigenvalue weighted by atomic mass is 9.81. The summed E-state index contributed by atoms with van der Waals surface area (Å²) < 4.78 is 4.58. The summed E-state index contributed by atoms with van der Waals surface area (Å²) in [5, 5.41) is 2.75. The van der Waals surface area contributed by atoms with Gasteiger partial charge in [0.15, 0.2) is 0 Å². The SMILES string of the molecule is COC(=O)NCC(C)(C)c1ccc(C)cc1C. The quantitative estimate of drug-likeness (QED) is 0.874. The van der Waals surface area contributed by atoms with Crippen molar-refractivity contribution in [3.63, 3.8) is 0 Å². The average molecular weight is 235 g/mol. The molecule has 0 aliphatic carbocycles. The Bertz CT molecular complexity index is 411. The first-order chi connectivity index (χ1) is 7.86. The first-order valence-corrected chi connectivity index (χ1v) is 5.76. The Morgan fingerprint density at radius 3 is 2.53 bits per heavy atom. The highest BCUT2D eigenvalue weighted by molar-refractivity contribution is 5.67. The number of ether oxygens (including phenoxy) is 1. The van der Waals surface area contributed by atoms with E-state index >= 15 is 0 Å². The minimum absolute atomic E-state index is 0.105. The highest BCUT2D eigenvalue weighted by Crippen LogP contribution is 2.26. The molecule has 0 atom stereocenters. The van der Waals surface area contributed by atoms with Gasteiger partial charge in [-0.15, -0.1) is 0 Å². The van der Waals surface area contributed by atoms with E-state index in [1.807, 2.05) is 0 Å². The third-order valence-corrected chi connectivity index (χ3v) is 2.97. The van der Waals surface area contributed by atoms with Gasteiger partial charge >= 0.3 is 6.09 Å². The van der Waals surface area contributed by atoms with Crippen molar-refractivity contribution in [1.82, 2.24) is 5.32 Å². The number of alkyl carbamates (subject to hydrolysis) is 1. The van der Waals surface area contributed by atoms with Crippen LogP contribution < -0.4 is 5.32 Å². The molecule has 1 N–H and O–H groups in total. The normalized spacial score (nSPS) is 11.1. The Balaban J connectivity index is 2.85. The number of amides is 1. The summed E-state index contributed by atoms with van der Waals surface area (Å²) in [7, 11) is 1.37. The third-order valence-electron chi connectivity index (χ3n) is 2.97. The second kappa shape index (κ2) is 5.21. The lowest BCUT2D eigenvalue weighted by molar-refractivity contribution is 0.168. The first kappa shape index (κ1) is 13.6. The molecule has 1 rings (SSSR count). The number of carbonyl (C=O) groups excluding carboxylic acids is 1. The molecule has 0 fully saturated rings. The van der Waals surface area contributed by atoms with E-state index in [-0.39, 0.29) is 11.5 Å². The fourth-order valence-corrected chi connectivity index (χ4v) is 2.03. The third kappa shape index (κ3) is 3.48. The topological polar surface area (TPSA) is 38.3 Å². The molecule has 1 aromatic carbocycles. The molecule has 0 aliphatic rings. The molecule has 0 saturated heterocycles. The number of hydrogen-bond acceptors (Lipinski definition) is 2. The van der Waals surface area contributed by atoms with Gasteiger partial charge in [-0.25, -0.2) is 4.79 Å². The van der Waals surface area contributed by atoms with E-state index < -0.39 is 0 Å². The standard InChI is InChI=1S/C14H21NO2/c1-10-6-7-12(11(2)8-10)14(3,4)9-15-13(16)17-5/h6-8H,9H2,1-5H3,(H,15,16). The van der Waals surface area contributed by atoms with Gasteiger partial charge in [-0.2, -0.15) is 0 Å². The average Bonchev–Trinajstić information content (AvgIpc) is 2.25. The molecule has 0 spiro atoms. The second-order valence-electron chi connectivity index (χ2n) is 5.05. The van der Waals surface area contributed by atoms with Crippen LogP contribution in [0.4, 0.5) is 4.79 Å². The maximum Gasteiger partial charge on any atom is 0.406 e. The number of carbonyl (C=O) groups is 1. The van der Waals surface area contributed by atoms with Gasteiger partial charge in [0.25, 0.3) is 0 Å². The zero-order chi connectivity index (χ0) is 13.1. The van der Waals surface area contributed by atoms with E-state index in [4.69, 9.17) is 0 Å². The number of rotatable bonds is 3. The molecule has 0 aromatic heterocycles. The van der Waals surface area contributed by atoms with E-state index in [1.165, 1.54) is 23.8 Å². The minimum atomic E-state index is -0.386. The summed E-state index contributed by atoms with van der Waals surface area (Å²) in [4.78, 5) is 11.1. The molecule has 0 heterocycles. The van der Waals surface area contributed by atoms with Gasteiger partial charge in [-0.3, -0.25) is 0 Å². The van der Waals surface area contributed by atoms with Crippen molar-refractivity contribution in [1.29, 1.82) is 0 Å². The smallest absolute Gasteiger partial charge is 0.406 e. The lowest BCUT2D eigenvalue weighted by Gasteiger charge is -2.27. The van der Waals surface area contributed by atoms with Crippen molar-refractivity contribution < 1.29 is 9.53 Å². The van der Waals surface area contributed by atoms with Crippen LogP contribution in [0, 0.1) is 13.8 Å². The fraction of sp³-hybridized carbons (Fsp3) is 0.500. The van der Waals surface area contributed by atoms with Gasteiger partial charge in [0.05, 0.1) is 7.11 Å². The lowest BCUT2D eigenvalue weighted by Crippen LogP contribution is -2.37. The fourth-order valence-electron chi connectivity index (χ4n) is 2.03. The van der Waals surface area contributed by atoms with E-state index in [0.29, 0.717) is 6.54 Å². The van der Waals surface area contributed by atoms with Crippen LogP contribution in [0.1, 0.15) is 30.5 Å². The Morgan fingerprint density at radius 1 is 1.35 bits per heavy atom. The molecule has 0 saturated carbocycles. The van der Waals surface area contributed by atoms with E-state index in [1.54, 1.807) is 0 Å². The molecule has 0 bridgehead atoms. The Labute approximate surface area is 103 Å². The predicted molar refractivity (Wildman–Crippen MR) is 69.3 cm³/mol. The Hall–Kier alpha value is -1.51. The van der Waals surface area contributed by atoms with Gasteiger partial charge in [-0.05, 0) is 25.0 Å². The van der Waals surface area contributed by atoms with Crippen LogP contribution in [-0.2, 0) is 10.2 Å². The van der Waals surface area contributed by atoms with Crippen LogP contribution in [0.25, 0.3) is 0 Å². The van der Waals surface area contributed by atoms with E-state index in [2.05, 4.69) is 55.9 Å². The largest absolute Gasteiger partial charge is 0.453 e. The van der Waals surface area contributed by atoms with Crippen molar-refractivity contribution in [2.45, 2.75) is 33.1 Å². The van der Waals surface area contributed by atoms with Gasteiger partial charge in [0.2, 0.25) is 0 Å². The molecule has 0 radical (unpaired) electrons. The van der Waals surface area contributed by atoms with Crippen LogP contribution in [0.2, 0.25) is 0 Å². The molecule has 1 aromatic rings. The molecule has 3 nitrogen and oxygen atoms in total. The van der Waals surface area contributed by atoms with Gasteiger partial charge in [0, 0.05) is 12.0 Å². The summed E-state index contributed by atoms with van der Waals surface area (Å²) >= 11 is 0. The molecule has 0 unspecified atom stereocenters. The summed E-state index contributed by atoms with van der Waals surface area (Å²) in [5.41, 5.74) is 3.65. The number of hydrogen-bond donors (Lipinski definition) is 1. The highest BCUT2D eigenvalue weighted by Gasteiger charge is 2.23. The van der Waals surface area contributed by atoms with Gasteiger partial charge < -0.3 is 10.1 Å². The molecular formula is C14H21NO2. The molecule has 1 amide bonds. The van der Waals surface area contributed by atoms with Gasteiger partial charge in [0.1, 0.15) is 0 Å². The summed E-state index contributed by atoms with van der Waals surface area (Å²) in [6, 6.07) is 6.39. The maximum absolute atomic E-state index is 11.1. The van der Waals surface area contributed by atoms with Crippen LogP contribution in [-0.4, -0.2) is 19.7 Å². The number of methoxy groups -OCH3 is 1. The second-order valence-corrected chi connectivity index (χ2v) is 5.05. The van der Waals surface area contributed by atoms with Crippen molar-refractivity contribution in [3.05, 3.63) is 34.9 Å². The molecule has 0 aliphatic heterocycles. The zero-order valence-corrected chi connectivity index (χ0v) is 11.3. The van der Waals surface area contributed by atoms with Crippen LogP contribution in [0.3, 0.4) is 0 Å². The van der Waals surface area contributed by atoms with Crippen molar-refractivity contribution >= 4 is 6.09 Å². The van der Waals surface area contributed by atoms with Crippen LogP contribution in [0.15, 0.2) is 18.2 Å². The molecular weight excluding hydrogens is 214 g/mol. The number of benzene rings is 1. The summed E-state index contributed by atoms with van der Waals surface area (Å²) in [5.74, 6) is 0. The molecule has 17 heavy (non-hydrogen) atoms. The van der Waals surface area contributed by atoms with Crippen molar-refractivity contribution in [2.75, 3.05) is 13.7 Å². The number of nitrogens with one attached hydrogen (secondary N) is 1. The summed E-state index contributed by atoms with van der Waals surface area (Å²) in [6.07, 6.45) is -0.386. The Kier molecular flexibility index (Phi) is 4.16.